The highest BCUT2D eigenvalue weighted by Gasteiger charge is 2.18. The highest BCUT2D eigenvalue weighted by molar-refractivity contribution is 9.10. The van der Waals surface area contributed by atoms with E-state index in [1.165, 1.54) is 0 Å². The van der Waals surface area contributed by atoms with Crippen LogP contribution in [0.25, 0.3) is 0 Å². The fourth-order valence-corrected chi connectivity index (χ4v) is 2.93. The zero-order valence-corrected chi connectivity index (χ0v) is 15.3. The second kappa shape index (κ2) is 8.16. The van der Waals surface area contributed by atoms with E-state index < -0.39 is 0 Å². The molecule has 0 saturated heterocycles. The molecule has 2 aromatic rings. The van der Waals surface area contributed by atoms with Gasteiger partial charge in [-0.25, -0.2) is 0 Å². The van der Waals surface area contributed by atoms with E-state index in [0.29, 0.717) is 11.5 Å². The van der Waals surface area contributed by atoms with E-state index in [-0.39, 0.29) is 11.9 Å². The molecule has 0 aliphatic heterocycles. The van der Waals surface area contributed by atoms with Gasteiger partial charge in [-0.05, 0) is 58.1 Å². The Bertz CT molecular complexity index is 653. The Balaban J connectivity index is 2.21. The van der Waals surface area contributed by atoms with Crippen molar-refractivity contribution in [2.24, 2.45) is 5.92 Å². The van der Waals surface area contributed by atoms with Crippen molar-refractivity contribution in [2.45, 2.75) is 26.3 Å². The number of benzene rings is 2. The smallest absolute Gasteiger partial charge is 0.252 e. The molecule has 3 nitrogen and oxygen atoms in total. The van der Waals surface area contributed by atoms with Crippen LogP contribution in [0.15, 0.2) is 53.0 Å². The number of carbonyl (C=O) groups excluding carboxylic acids is 1. The minimum Gasteiger partial charge on any atom is -0.497 e. The lowest BCUT2D eigenvalue weighted by molar-refractivity contribution is 0.0931. The number of methoxy groups -OCH3 is 1. The summed E-state index contributed by atoms with van der Waals surface area (Å²) in [5.74, 6) is 1.22. The van der Waals surface area contributed by atoms with Gasteiger partial charge in [0.25, 0.3) is 5.91 Å². The molecule has 2 aromatic carbocycles. The second-order valence-corrected chi connectivity index (χ2v) is 6.76. The van der Waals surface area contributed by atoms with E-state index in [1.807, 2.05) is 48.5 Å². The van der Waals surface area contributed by atoms with Crippen molar-refractivity contribution in [1.82, 2.24) is 5.32 Å². The topological polar surface area (TPSA) is 38.3 Å². The van der Waals surface area contributed by atoms with Gasteiger partial charge >= 0.3 is 0 Å². The summed E-state index contributed by atoms with van der Waals surface area (Å²) in [4.78, 5) is 12.6. The molecule has 122 valence electrons. The first-order valence-electron chi connectivity index (χ1n) is 7.70. The minimum atomic E-state index is -0.0704. The van der Waals surface area contributed by atoms with Gasteiger partial charge in [-0.1, -0.05) is 38.1 Å². The van der Waals surface area contributed by atoms with Crippen molar-refractivity contribution in [3.63, 3.8) is 0 Å². The van der Waals surface area contributed by atoms with Crippen LogP contribution in [-0.2, 0) is 0 Å². The van der Waals surface area contributed by atoms with E-state index in [0.717, 1.165) is 22.2 Å². The molecule has 1 amide bonds. The summed E-state index contributed by atoms with van der Waals surface area (Å²) in [7, 11) is 1.65. The van der Waals surface area contributed by atoms with Crippen LogP contribution in [0.5, 0.6) is 5.75 Å². The Morgan fingerprint density at radius 2 is 1.78 bits per heavy atom. The summed E-state index contributed by atoms with van der Waals surface area (Å²) in [5.41, 5.74) is 1.73. The van der Waals surface area contributed by atoms with Gasteiger partial charge in [-0.2, -0.15) is 0 Å². The SMILES string of the molecule is COc1ccc([C@@H](CC(C)C)NC(=O)c2ccccc2Br)cc1. The average molecular weight is 376 g/mol. The van der Waals surface area contributed by atoms with Crippen LogP contribution >= 0.6 is 15.9 Å². The summed E-state index contributed by atoms with van der Waals surface area (Å²) in [6, 6.07) is 15.3. The summed E-state index contributed by atoms with van der Waals surface area (Å²) in [6.07, 6.45) is 0.878. The fraction of sp³-hybridized carbons (Fsp3) is 0.316. The first-order chi connectivity index (χ1) is 11.0. The molecule has 0 aromatic heterocycles. The largest absolute Gasteiger partial charge is 0.497 e. The molecule has 1 N–H and O–H groups in total. The van der Waals surface area contributed by atoms with Gasteiger partial charge in [-0.3, -0.25) is 4.79 Å². The maximum Gasteiger partial charge on any atom is 0.252 e. The minimum absolute atomic E-state index is 0.0273. The molecule has 0 bridgehead atoms. The van der Waals surface area contributed by atoms with Gasteiger partial charge in [0.15, 0.2) is 0 Å². The lowest BCUT2D eigenvalue weighted by atomic mass is 9.96. The zero-order chi connectivity index (χ0) is 16.8. The van der Waals surface area contributed by atoms with E-state index in [1.54, 1.807) is 7.11 Å². The van der Waals surface area contributed by atoms with Crippen molar-refractivity contribution in [3.05, 3.63) is 64.1 Å². The van der Waals surface area contributed by atoms with Crippen molar-refractivity contribution in [3.8, 4) is 5.75 Å². The Kier molecular flexibility index (Phi) is 6.22. The number of hydrogen-bond acceptors (Lipinski definition) is 2. The van der Waals surface area contributed by atoms with E-state index >= 15 is 0 Å². The molecule has 0 fully saturated rings. The van der Waals surface area contributed by atoms with Gasteiger partial charge in [0.05, 0.1) is 18.7 Å². The van der Waals surface area contributed by atoms with E-state index in [9.17, 15) is 4.79 Å². The van der Waals surface area contributed by atoms with Crippen LogP contribution in [0.3, 0.4) is 0 Å². The summed E-state index contributed by atoms with van der Waals surface area (Å²) >= 11 is 3.44. The predicted octanol–water partition coefficient (Wildman–Crippen LogP) is 4.97. The molecular formula is C19H22BrNO2. The molecule has 2 rings (SSSR count). The van der Waals surface area contributed by atoms with Crippen molar-refractivity contribution < 1.29 is 9.53 Å². The third kappa shape index (κ3) is 4.83. The predicted molar refractivity (Wildman–Crippen MR) is 96.8 cm³/mol. The summed E-state index contributed by atoms with van der Waals surface area (Å²) in [5, 5.41) is 3.15. The number of hydrogen-bond donors (Lipinski definition) is 1. The molecule has 0 unspecified atom stereocenters. The zero-order valence-electron chi connectivity index (χ0n) is 13.7. The Hall–Kier alpha value is -1.81. The monoisotopic (exact) mass is 375 g/mol. The Morgan fingerprint density at radius 1 is 1.13 bits per heavy atom. The fourth-order valence-electron chi connectivity index (χ4n) is 2.47. The molecule has 1 atom stereocenters. The Morgan fingerprint density at radius 3 is 2.35 bits per heavy atom. The number of ether oxygens (including phenoxy) is 1. The standard InChI is InChI=1S/C19H22BrNO2/c1-13(2)12-18(14-8-10-15(23-3)11-9-14)21-19(22)16-6-4-5-7-17(16)20/h4-11,13,18H,12H2,1-3H3,(H,21,22)/t18-/m1/s1. The van der Waals surface area contributed by atoms with Gasteiger partial charge in [-0.15, -0.1) is 0 Å². The van der Waals surface area contributed by atoms with Gasteiger partial charge < -0.3 is 10.1 Å². The van der Waals surface area contributed by atoms with Crippen LogP contribution in [0.4, 0.5) is 0 Å². The average Bonchev–Trinajstić information content (AvgIpc) is 2.54. The molecule has 0 saturated carbocycles. The number of nitrogens with one attached hydrogen (secondary N) is 1. The number of halogens is 1. The first-order valence-corrected chi connectivity index (χ1v) is 8.50. The lowest BCUT2D eigenvalue weighted by Gasteiger charge is -2.22. The maximum atomic E-state index is 12.6. The molecule has 0 radical (unpaired) electrons. The van der Waals surface area contributed by atoms with Crippen molar-refractivity contribution in [2.75, 3.05) is 7.11 Å². The molecule has 0 aliphatic carbocycles. The molecular weight excluding hydrogens is 354 g/mol. The van der Waals surface area contributed by atoms with Gasteiger partial charge in [0.1, 0.15) is 5.75 Å². The Labute approximate surface area is 146 Å². The highest BCUT2D eigenvalue weighted by Crippen LogP contribution is 2.25. The van der Waals surface area contributed by atoms with Crippen LogP contribution < -0.4 is 10.1 Å². The van der Waals surface area contributed by atoms with E-state index in [4.69, 9.17) is 4.74 Å². The third-order valence-corrected chi connectivity index (χ3v) is 4.34. The highest BCUT2D eigenvalue weighted by atomic mass is 79.9. The number of carbonyl (C=O) groups is 1. The summed E-state index contributed by atoms with van der Waals surface area (Å²) in [6.45, 7) is 4.31. The number of amides is 1. The van der Waals surface area contributed by atoms with Gasteiger partial charge in [0, 0.05) is 4.47 Å². The van der Waals surface area contributed by atoms with Crippen molar-refractivity contribution in [1.29, 1.82) is 0 Å². The lowest BCUT2D eigenvalue weighted by Crippen LogP contribution is -2.29. The van der Waals surface area contributed by atoms with Crippen LogP contribution in [0.1, 0.15) is 42.2 Å². The molecule has 0 heterocycles. The maximum absolute atomic E-state index is 12.6. The van der Waals surface area contributed by atoms with Gasteiger partial charge in [0.2, 0.25) is 0 Å². The van der Waals surface area contributed by atoms with Crippen molar-refractivity contribution >= 4 is 21.8 Å². The van der Waals surface area contributed by atoms with E-state index in [2.05, 4.69) is 35.1 Å². The second-order valence-electron chi connectivity index (χ2n) is 5.91. The third-order valence-electron chi connectivity index (χ3n) is 3.65. The molecule has 23 heavy (non-hydrogen) atoms. The van der Waals surface area contributed by atoms with Crippen LogP contribution in [0, 0.1) is 5.92 Å². The van der Waals surface area contributed by atoms with Crippen LogP contribution in [0.2, 0.25) is 0 Å². The quantitative estimate of drug-likeness (QED) is 0.773. The normalized spacial score (nSPS) is 12.0. The molecule has 0 spiro atoms. The van der Waals surface area contributed by atoms with Crippen LogP contribution in [-0.4, -0.2) is 13.0 Å². The summed E-state index contributed by atoms with van der Waals surface area (Å²) < 4.78 is 6.00. The number of rotatable bonds is 6. The molecule has 4 heteroatoms. The molecule has 0 aliphatic rings. The first kappa shape index (κ1) is 17.5.